The number of rotatable bonds is 5. The summed E-state index contributed by atoms with van der Waals surface area (Å²) >= 11 is 0. The van der Waals surface area contributed by atoms with E-state index in [2.05, 4.69) is 10.3 Å². The van der Waals surface area contributed by atoms with Gasteiger partial charge in [-0.1, -0.05) is 6.07 Å². The molecule has 1 unspecified atom stereocenters. The van der Waals surface area contributed by atoms with Crippen LogP contribution in [0, 0.1) is 5.92 Å². The molecule has 0 aliphatic carbocycles. The van der Waals surface area contributed by atoms with Crippen LogP contribution in [0.4, 0.5) is 24.7 Å². The van der Waals surface area contributed by atoms with Gasteiger partial charge in [-0.2, -0.15) is 13.2 Å². The highest BCUT2D eigenvalue weighted by atomic mass is 19.4. The van der Waals surface area contributed by atoms with Gasteiger partial charge in [0.05, 0.1) is 24.3 Å². The highest BCUT2D eigenvalue weighted by Gasteiger charge is 2.38. The molecule has 1 atom stereocenters. The fourth-order valence-electron chi connectivity index (χ4n) is 3.78. The number of aliphatic carboxylic acids is 1. The number of nitrogens with zero attached hydrogens (tertiary/aromatic N) is 2. The minimum absolute atomic E-state index is 0.211. The Kier molecular flexibility index (Phi) is 9.19. The Bertz CT molecular complexity index is 1410. The van der Waals surface area contributed by atoms with Gasteiger partial charge >= 0.3 is 12.1 Å². The lowest BCUT2D eigenvalue weighted by molar-refractivity contribution is -0.192. The number of ether oxygens (including phenoxy) is 2. The zero-order chi connectivity index (χ0) is 29.6. The minimum atomic E-state index is -5.08. The molecule has 0 saturated heterocycles. The number of nitrogens with one attached hydrogen (secondary N) is 1. The SMILES string of the molecule is COc1ccc2c(c1)CC(C(=O)Nc1ccc(-c3ccnc(N)c3)cc1C(=O)N(C)C)CO2.O=C(O)C(F)(F)F. The normalized spacial score (nSPS) is 14.0. The first-order chi connectivity index (χ1) is 18.8. The molecule has 3 aromatic rings. The number of amides is 2. The lowest BCUT2D eigenvalue weighted by Crippen LogP contribution is -2.33. The first kappa shape index (κ1) is 29.7. The van der Waals surface area contributed by atoms with E-state index in [0.717, 1.165) is 22.4 Å². The molecule has 1 aliphatic heterocycles. The predicted octanol–water partition coefficient (Wildman–Crippen LogP) is 3.86. The van der Waals surface area contributed by atoms with Gasteiger partial charge in [0.2, 0.25) is 5.91 Å². The number of carboxylic acid groups (broad SMARTS) is 1. The summed E-state index contributed by atoms with van der Waals surface area (Å²) in [5.41, 5.74) is 9.19. The number of carbonyl (C=O) groups is 3. The molecule has 0 fully saturated rings. The second-order valence-electron chi connectivity index (χ2n) is 8.91. The third kappa shape index (κ3) is 7.40. The number of pyridine rings is 1. The Morgan fingerprint density at radius 2 is 1.77 bits per heavy atom. The van der Waals surface area contributed by atoms with E-state index in [9.17, 15) is 22.8 Å². The zero-order valence-corrected chi connectivity index (χ0v) is 21.8. The number of benzene rings is 2. The van der Waals surface area contributed by atoms with E-state index < -0.39 is 18.1 Å². The molecule has 4 N–H and O–H groups in total. The van der Waals surface area contributed by atoms with Crippen molar-refractivity contribution in [2.75, 3.05) is 38.9 Å². The van der Waals surface area contributed by atoms with Gasteiger partial charge in [-0.15, -0.1) is 0 Å². The molecule has 2 aromatic carbocycles. The van der Waals surface area contributed by atoms with E-state index >= 15 is 0 Å². The fraction of sp³-hybridized carbons (Fsp3) is 0.259. The van der Waals surface area contributed by atoms with Crippen molar-refractivity contribution in [1.29, 1.82) is 0 Å². The number of halogens is 3. The highest BCUT2D eigenvalue weighted by molar-refractivity contribution is 6.05. The van der Waals surface area contributed by atoms with Gasteiger partial charge in [-0.25, -0.2) is 9.78 Å². The molecule has 0 saturated carbocycles. The first-order valence-electron chi connectivity index (χ1n) is 11.8. The number of hydrogen-bond acceptors (Lipinski definition) is 7. The minimum Gasteiger partial charge on any atom is -0.497 e. The third-order valence-corrected chi connectivity index (χ3v) is 5.82. The third-order valence-electron chi connectivity index (χ3n) is 5.82. The zero-order valence-electron chi connectivity index (χ0n) is 21.8. The van der Waals surface area contributed by atoms with Crippen LogP contribution in [0.15, 0.2) is 54.7 Å². The van der Waals surface area contributed by atoms with Gasteiger partial charge < -0.3 is 30.5 Å². The number of hydrogen-bond donors (Lipinski definition) is 3. The van der Waals surface area contributed by atoms with Crippen LogP contribution in [-0.2, 0) is 16.0 Å². The first-order valence-corrected chi connectivity index (χ1v) is 11.8. The number of anilines is 2. The number of carbonyl (C=O) groups excluding carboxylic acids is 2. The molecule has 212 valence electrons. The summed E-state index contributed by atoms with van der Waals surface area (Å²) in [6.45, 7) is 0.260. The number of fused-ring (bicyclic) bond motifs is 1. The van der Waals surface area contributed by atoms with Crippen LogP contribution in [0.1, 0.15) is 15.9 Å². The summed E-state index contributed by atoms with van der Waals surface area (Å²) < 4.78 is 42.8. The van der Waals surface area contributed by atoms with Gasteiger partial charge in [-0.3, -0.25) is 9.59 Å². The second-order valence-corrected chi connectivity index (χ2v) is 8.91. The van der Waals surface area contributed by atoms with Crippen molar-refractivity contribution in [2.45, 2.75) is 12.6 Å². The molecule has 0 bridgehead atoms. The van der Waals surface area contributed by atoms with Crippen LogP contribution in [0.2, 0.25) is 0 Å². The molecular weight excluding hydrogens is 533 g/mol. The molecule has 2 heterocycles. The van der Waals surface area contributed by atoms with Crippen LogP contribution in [0.5, 0.6) is 11.5 Å². The van der Waals surface area contributed by atoms with Crippen LogP contribution in [0.3, 0.4) is 0 Å². The number of nitrogen functional groups attached to an aromatic ring is 1. The van der Waals surface area contributed by atoms with Crippen LogP contribution in [-0.4, -0.2) is 66.8 Å². The van der Waals surface area contributed by atoms with Crippen LogP contribution < -0.4 is 20.5 Å². The number of methoxy groups -OCH3 is 1. The maximum Gasteiger partial charge on any atom is 0.490 e. The van der Waals surface area contributed by atoms with E-state index in [1.165, 1.54) is 4.90 Å². The quantitative estimate of drug-likeness (QED) is 0.427. The highest BCUT2D eigenvalue weighted by Crippen LogP contribution is 2.32. The number of nitrogens with two attached hydrogens (primary N) is 1. The van der Waals surface area contributed by atoms with Crippen molar-refractivity contribution in [3.63, 3.8) is 0 Å². The average Bonchev–Trinajstić information content (AvgIpc) is 2.91. The Hall–Kier alpha value is -4.81. The van der Waals surface area contributed by atoms with E-state index in [1.54, 1.807) is 45.6 Å². The molecule has 1 aromatic heterocycles. The van der Waals surface area contributed by atoms with E-state index in [0.29, 0.717) is 29.2 Å². The summed E-state index contributed by atoms with van der Waals surface area (Å²) in [5, 5.41) is 10.1. The standard InChI is InChI=1S/C25H26N4O4.C2HF3O2/c1-29(2)25(31)20-12-15(16-8-9-27-23(26)13-16)4-6-21(20)28-24(30)18-10-17-11-19(32-3)5-7-22(17)33-14-18;3-2(4,5)1(6)7/h4-9,11-13,18H,10,14H2,1-3H3,(H2,26,27)(H,28,30);(H,6,7). The molecule has 4 rings (SSSR count). The summed E-state index contributed by atoms with van der Waals surface area (Å²) in [6.07, 6.45) is -2.95. The topological polar surface area (TPSA) is 144 Å². The van der Waals surface area contributed by atoms with Gasteiger partial charge in [0, 0.05) is 20.3 Å². The lowest BCUT2D eigenvalue weighted by Gasteiger charge is -2.25. The van der Waals surface area contributed by atoms with Gasteiger partial charge in [0.15, 0.2) is 0 Å². The Morgan fingerprint density at radius 1 is 1.10 bits per heavy atom. The average molecular weight is 561 g/mol. The Labute approximate surface area is 227 Å². The Balaban J connectivity index is 0.000000559. The van der Waals surface area contributed by atoms with Crippen LogP contribution in [0.25, 0.3) is 11.1 Å². The predicted molar refractivity (Wildman–Crippen MR) is 140 cm³/mol. The van der Waals surface area contributed by atoms with Crippen molar-refractivity contribution >= 4 is 29.3 Å². The number of carboxylic acids is 1. The van der Waals surface area contributed by atoms with Gasteiger partial charge in [0.25, 0.3) is 5.91 Å². The van der Waals surface area contributed by atoms with E-state index in [1.807, 2.05) is 30.3 Å². The van der Waals surface area contributed by atoms with Gasteiger partial charge in [-0.05, 0) is 65.6 Å². The van der Waals surface area contributed by atoms with Crippen molar-refractivity contribution < 1.29 is 42.1 Å². The molecule has 2 amide bonds. The van der Waals surface area contributed by atoms with Crippen molar-refractivity contribution in [3.8, 4) is 22.6 Å². The number of aromatic nitrogens is 1. The molecule has 13 heteroatoms. The van der Waals surface area contributed by atoms with E-state index in [4.69, 9.17) is 25.1 Å². The smallest absolute Gasteiger partial charge is 0.490 e. The second kappa shape index (κ2) is 12.4. The van der Waals surface area contributed by atoms with Crippen molar-refractivity contribution in [1.82, 2.24) is 9.88 Å². The Morgan fingerprint density at radius 3 is 2.38 bits per heavy atom. The summed E-state index contributed by atoms with van der Waals surface area (Å²) in [6, 6.07) is 14.4. The monoisotopic (exact) mass is 560 g/mol. The van der Waals surface area contributed by atoms with Crippen molar-refractivity contribution in [2.24, 2.45) is 5.92 Å². The summed E-state index contributed by atoms with van der Waals surface area (Å²) in [7, 11) is 4.94. The fourth-order valence-corrected chi connectivity index (χ4v) is 3.78. The molecule has 0 radical (unpaired) electrons. The summed E-state index contributed by atoms with van der Waals surface area (Å²) in [5.74, 6) is -1.73. The number of alkyl halides is 3. The molecule has 1 aliphatic rings. The van der Waals surface area contributed by atoms with Gasteiger partial charge in [0.1, 0.15) is 23.9 Å². The molecule has 0 spiro atoms. The largest absolute Gasteiger partial charge is 0.497 e. The maximum absolute atomic E-state index is 13.1. The molecule has 10 nitrogen and oxygen atoms in total. The molecule has 40 heavy (non-hydrogen) atoms. The maximum atomic E-state index is 13.1. The van der Waals surface area contributed by atoms with Crippen molar-refractivity contribution in [3.05, 3.63) is 65.9 Å². The summed E-state index contributed by atoms with van der Waals surface area (Å²) in [4.78, 5) is 40.4. The lowest BCUT2D eigenvalue weighted by atomic mass is 9.95. The van der Waals surface area contributed by atoms with E-state index in [-0.39, 0.29) is 18.4 Å². The molecular formula is C27H27F3N4O6. The van der Waals surface area contributed by atoms with Crippen LogP contribution >= 0.6 is 0 Å².